The predicted molar refractivity (Wildman–Crippen MR) is 86.0 cm³/mol. The number of nitrogens with zero attached hydrogens (tertiary/aromatic N) is 1. The summed E-state index contributed by atoms with van der Waals surface area (Å²) in [5.41, 5.74) is 6.91. The van der Waals surface area contributed by atoms with Crippen molar-refractivity contribution in [3.63, 3.8) is 0 Å². The van der Waals surface area contributed by atoms with Crippen LogP contribution in [0.3, 0.4) is 0 Å². The molecule has 0 unspecified atom stereocenters. The summed E-state index contributed by atoms with van der Waals surface area (Å²) < 4.78 is 5.72. The van der Waals surface area contributed by atoms with Crippen LogP contribution in [0.1, 0.15) is 29.2 Å². The summed E-state index contributed by atoms with van der Waals surface area (Å²) in [7, 11) is 0. The molecule has 1 aromatic heterocycles. The molecule has 2 rings (SSSR count). The lowest BCUT2D eigenvalue weighted by Gasteiger charge is -2.13. The third-order valence-corrected chi connectivity index (χ3v) is 3.71. The summed E-state index contributed by atoms with van der Waals surface area (Å²) >= 11 is 1.18. The van der Waals surface area contributed by atoms with Crippen LogP contribution >= 0.6 is 11.3 Å². The van der Waals surface area contributed by atoms with Crippen LogP contribution in [0.5, 0.6) is 5.75 Å². The Morgan fingerprint density at radius 2 is 2.14 bits per heavy atom. The first kappa shape index (κ1) is 15.3. The lowest BCUT2D eigenvalue weighted by molar-refractivity contribution is 0.102. The number of hydrogen-bond donors (Lipinski definition) is 2. The van der Waals surface area contributed by atoms with Gasteiger partial charge in [-0.2, -0.15) is 0 Å². The minimum Gasteiger partial charge on any atom is -0.491 e. The summed E-state index contributed by atoms with van der Waals surface area (Å²) in [5.74, 6) is 0.856. The van der Waals surface area contributed by atoms with Crippen molar-refractivity contribution in [2.45, 2.75) is 20.8 Å². The molecule has 0 spiro atoms. The number of hydrogen-bond acceptors (Lipinski definition) is 5. The molecule has 0 saturated heterocycles. The van der Waals surface area contributed by atoms with Crippen LogP contribution in [0, 0.1) is 12.8 Å². The van der Waals surface area contributed by atoms with E-state index in [2.05, 4.69) is 24.1 Å². The average Bonchev–Trinajstić information content (AvgIpc) is 2.76. The molecule has 0 atom stereocenters. The van der Waals surface area contributed by atoms with E-state index in [1.807, 2.05) is 24.3 Å². The molecule has 0 bridgehead atoms. The minimum atomic E-state index is -0.220. The number of carbonyl (C=O) groups excluding carboxylic acids is 1. The van der Waals surface area contributed by atoms with Crippen LogP contribution in [0.4, 0.5) is 10.8 Å². The molecule has 21 heavy (non-hydrogen) atoms. The van der Waals surface area contributed by atoms with Gasteiger partial charge >= 0.3 is 0 Å². The number of aryl methyl sites for hydroxylation is 1. The van der Waals surface area contributed by atoms with Gasteiger partial charge in [-0.05, 0) is 25.0 Å². The van der Waals surface area contributed by atoms with Crippen LogP contribution in [-0.2, 0) is 0 Å². The number of carbonyl (C=O) groups is 1. The van der Waals surface area contributed by atoms with Crippen LogP contribution in [0.2, 0.25) is 0 Å². The number of amides is 1. The van der Waals surface area contributed by atoms with Crippen molar-refractivity contribution in [2.75, 3.05) is 17.7 Å². The molecule has 5 nitrogen and oxygen atoms in total. The Labute approximate surface area is 128 Å². The van der Waals surface area contributed by atoms with E-state index in [1.54, 1.807) is 6.92 Å². The van der Waals surface area contributed by atoms with Gasteiger partial charge in [0.15, 0.2) is 5.13 Å². The van der Waals surface area contributed by atoms with Gasteiger partial charge in [-0.15, -0.1) is 0 Å². The predicted octanol–water partition coefficient (Wildman–Crippen LogP) is 3.32. The maximum atomic E-state index is 12.3. The van der Waals surface area contributed by atoms with Gasteiger partial charge in [-0.25, -0.2) is 4.98 Å². The van der Waals surface area contributed by atoms with Crippen molar-refractivity contribution < 1.29 is 9.53 Å². The fourth-order valence-corrected chi connectivity index (χ4v) is 2.49. The Kier molecular flexibility index (Phi) is 4.80. The zero-order valence-corrected chi connectivity index (χ0v) is 13.2. The zero-order valence-electron chi connectivity index (χ0n) is 12.3. The van der Waals surface area contributed by atoms with Crippen molar-refractivity contribution in [1.29, 1.82) is 0 Å². The molecule has 6 heteroatoms. The quantitative estimate of drug-likeness (QED) is 0.888. The SMILES string of the molecule is Cc1nc(N)sc1C(=O)Nc1ccccc1OCC(C)C. The number of ether oxygens (including phenoxy) is 1. The summed E-state index contributed by atoms with van der Waals surface area (Å²) in [5, 5.41) is 3.25. The Hall–Kier alpha value is -2.08. The molecule has 0 fully saturated rings. The number of benzene rings is 1. The highest BCUT2D eigenvalue weighted by atomic mass is 32.1. The standard InChI is InChI=1S/C15H19N3O2S/c1-9(2)8-20-12-7-5-4-6-11(12)18-14(19)13-10(3)17-15(16)21-13/h4-7,9H,8H2,1-3H3,(H2,16,17)(H,18,19). The molecular formula is C15H19N3O2S. The first-order chi connectivity index (χ1) is 9.97. The molecule has 0 radical (unpaired) electrons. The van der Waals surface area contributed by atoms with E-state index < -0.39 is 0 Å². The van der Waals surface area contributed by atoms with Crippen molar-refractivity contribution in [3.8, 4) is 5.75 Å². The molecule has 0 aliphatic carbocycles. The lowest BCUT2D eigenvalue weighted by atomic mass is 10.2. The molecule has 2 aromatic rings. The minimum absolute atomic E-state index is 0.220. The third kappa shape index (κ3) is 3.95. The fraction of sp³-hybridized carbons (Fsp3) is 0.333. The van der Waals surface area contributed by atoms with E-state index in [-0.39, 0.29) is 5.91 Å². The summed E-state index contributed by atoms with van der Waals surface area (Å²) in [6.07, 6.45) is 0. The fourth-order valence-electron chi connectivity index (χ4n) is 1.76. The monoisotopic (exact) mass is 305 g/mol. The van der Waals surface area contributed by atoms with Gasteiger partial charge in [0, 0.05) is 0 Å². The third-order valence-electron chi connectivity index (χ3n) is 2.73. The number of thiazole rings is 1. The van der Waals surface area contributed by atoms with E-state index in [9.17, 15) is 4.79 Å². The largest absolute Gasteiger partial charge is 0.491 e. The van der Waals surface area contributed by atoms with Gasteiger partial charge in [0.1, 0.15) is 10.6 Å². The normalized spacial score (nSPS) is 10.7. The van der Waals surface area contributed by atoms with Gasteiger partial charge in [0.2, 0.25) is 0 Å². The number of rotatable bonds is 5. The highest BCUT2D eigenvalue weighted by Crippen LogP contribution is 2.27. The number of nitrogens with two attached hydrogens (primary N) is 1. The molecule has 0 saturated carbocycles. The Morgan fingerprint density at radius 3 is 2.76 bits per heavy atom. The number of anilines is 2. The first-order valence-electron chi connectivity index (χ1n) is 6.73. The van der Waals surface area contributed by atoms with Crippen LogP contribution in [-0.4, -0.2) is 17.5 Å². The molecule has 0 aliphatic heterocycles. The second-order valence-electron chi connectivity index (χ2n) is 5.12. The van der Waals surface area contributed by atoms with Gasteiger partial charge in [0.05, 0.1) is 18.0 Å². The maximum absolute atomic E-state index is 12.3. The smallest absolute Gasteiger partial charge is 0.267 e. The van der Waals surface area contributed by atoms with Crippen LogP contribution < -0.4 is 15.8 Å². The average molecular weight is 305 g/mol. The summed E-state index contributed by atoms with van der Waals surface area (Å²) in [6.45, 7) is 6.51. The zero-order chi connectivity index (χ0) is 15.4. The van der Waals surface area contributed by atoms with Crippen molar-refractivity contribution in [3.05, 3.63) is 34.8 Å². The summed E-state index contributed by atoms with van der Waals surface area (Å²) in [6, 6.07) is 7.38. The van der Waals surface area contributed by atoms with E-state index in [0.717, 1.165) is 0 Å². The Balaban J connectivity index is 2.15. The maximum Gasteiger partial charge on any atom is 0.267 e. The first-order valence-corrected chi connectivity index (χ1v) is 7.55. The number of nitrogens with one attached hydrogen (secondary N) is 1. The highest BCUT2D eigenvalue weighted by molar-refractivity contribution is 7.17. The second kappa shape index (κ2) is 6.58. The molecule has 1 aromatic carbocycles. The topological polar surface area (TPSA) is 77.2 Å². The number of aromatic nitrogens is 1. The van der Waals surface area contributed by atoms with Gasteiger partial charge in [-0.3, -0.25) is 4.79 Å². The molecular weight excluding hydrogens is 286 g/mol. The molecule has 3 N–H and O–H groups in total. The van der Waals surface area contributed by atoms with Gasteiger partial charge in [0.25, 0.3) is 5.91 Å². The summed E-state index contributed by atoms with van der Waals surface area (Å²) in [4.78, 5) is 16.9. The van der Waals surface area contributed by atoms with E-state index in [4.69, 9.17) is 10.5 Å². The van der Waals surface area contributed by atoms with Crippen LogP contribution in [0.15, 0.2) is 24.3 Å². The lowest BCUT2D eigenvalue weighted by Crippen LogP contribution is -2.13. The molecule has 1 heterocycles. The second-order valence-corrected chi connectivity index (χ2v) is 6.15. The molecule has 1 amide bonds. The highest BCUT2D eigenvalue weighted by Gasteiger charge is 2.16. The number of nitrogen functional groups attached to an aromatic ring is 1. The molecule has 0 aliphatic rings. The Morgan fingerprint density at radius 1 is 1.43 bits per heavy atom. The van der Waals surface area contributed by atoms with E-state index in [0.29, 0.717) is 39.7 Å². The Bertz CT molecular complexity index is 638. The van der Waals surface area contributed by atoms with Crippen molar-refractivity contribution in [2.24, 2.45) is 5.92 Å². The van der Waals surface area contributed by atoms with Crippen LogP contribution in [0.25, 0.3) is 0 Å². The molecule has 112 valence electrons. The van der Waals surface area contributed by atoms with Crippen molar-refractivity contribution >= 4 is 28.1 Å². The van der Waals surface area contributed by atoms with E-state index in [1.165, 1.54) is 11.3 Å². The number of para-hydroxylation sites is 2. The van der Waals surface area contributed by atoms with Gasteiger partial charge < -0.3 is 15.8 Å². The van der Waals surface area contributed by atoms with Crippen molar-refractivity contribution in [1.82, 2.24) is 4.98 Å². The van der Waals surface area contributed by atoms with E-state index >= 15 is 0 Å². The van der Waals surface area contributed by atoms with Gasteiger partial charge in [-0.1, -0.05) is 37.3 Å².